The third-order valence-corrected chi connectivity index (χ3v) is 4.67. The fraction of sp³-hybridized carbons (Fsp3) is 0.533. The minimum Gasteiger partial charge on any atom is -0.481 e. The molecule has 2 unspecified atom stereocenters. The van der Waals surface area contributed by atoms with E-state index in [1.165, 1.54) is 0 Å². The average Bonchev–Trinajstić information content (AvgIpc) is 2.46. The smallest absolute Gasteiger partial charge is 0.303 e. The van der Waals surface area contributed by atoms with E-state index in [2.05, 4.69) is 20.9 Å². The highest BCUT2D eigenvalue weighted by Crippen LogP contribution is 2.27. The lowest BCUT2D eigenvalue weighted by molar-refractivity contribution is -0.138. The Morgan fingerprint density at radius 3 is 3.00 bits per heavy atom. The Morgan fingerprint density at radius 1 is 1.57 bits per heavy atom. The van der Waals surface area contributed by atoms with Gasteiger partial charge in [-0.15, -0.1) is 0 Å². The Labute approximate surface area is 132 Å². The Balaban J connectivity index is 2.05. The monoisotopic (exact) mass is 354 g/mol. The van der Waals surface area contributed by atoms with Gasteiger partial charge in [0.05, 0.1) is 5.56 Å². The number of carbonyl (C=O) groups is 2. The lowest BCUT2D eigenvalue weighted by Crippen LogP contribution is -2.42. The lowest BCUT2D eigenvalue weighted by atomic mass is 9.84. The number of carboxylic acids is 1. The Hall–Kier alpha value is -1.43. The van der Waals surface area contributed by atoms with Crippen LogP contribution in [0.3, 0.4) is 0 Å². The topological polar surface area (TPSA) is 70.5 Å². The van der Waals surface area contributed by atoms with Gasteiger partial charge in [-0.3, -0.25) is 9.59 Å². The largest absolute Gasteiger partial charge is 0.481 e. The zero-order valence-electron chi connectivity index (χ0n) is 12.0. The number of carbonyl (C=O) groups excluding carboxylic acids is 1. The van der Waals surface area contributed by atoms with Crippen LogP contribution >= 0.6 is 15.9 Å². The summed E-state index contributed by atoms with van der Waals surface area (Å²) in [6.45, 7) is 3.29. The average molecular weight is 355 g/mol. The Kier molecular flexibility index (Phi) is 5.33. The van der Waals surface area contributed by atoms with Gasteiger partial charge in [0.25, 0.3) is 5.91 Å². The molecule has 0 radical (unpaired) electrons. The molecule has 2 rings (SSSR count). The molecule has 6 heteroatoms. The predicted molar refractivity (Wildman–Crippen MR) is 82.0 cm³/mol. The van der Waals surface area contributed by atoms with Crippen LogP contribution in [0.1, 0.15) is 36.5 Å². The molecule has 0 spiro atoms. The molecule has 1 aliphatic heterocycles. The fourth-order valence-electron chi connectivity index (χ4n) is 2.82. The van der Waals surface area contributed by atoms with Crippen molar-refractivity contribution in [3.05, 3.63) is 28.5 Å². The maximum atomic E-state index is 12.6. The van der Waals surface area contributed by atoms with Gasteiger partial charge in [0, 0.05) is 25.7 Å². The first kappa shape index (κ1) is 15.9. The standard InChI is InChI=1S/C15H19BrN2O3/c1-10(8-13(19)20)11-4-3-7-18(9-11)15(21)12-5-2-6-17-14(12)16/h2,5-6,10-11H,3-4,7-9H2,1H3,(H,19,20). The maximum Gasteiger partial charge on any atom is 0.303 e. The molecule has 21 heavy (non-hydrogen) atoms. The van der Waals surface area contributed by atoms with Gasteiger partial charge in [0.1, 0.15) is 4.60 Å². The number of likely N-dealkylation sites (tertiary alicyclic amines) is 1. The molecule has 1 amide bonds. The third kappa shape index (κ3) is 4.03. The molecule has 1 aliphatic rings. The van der Waals surface area contributed by atoms with Crippen LogP contribution in [0.25, 0.3) is 0 Å². The number of hydrogen-bond acceptors (Lipinski definition) is 3. The van der Waals surface area contributed by atoms with E-state index in [9.17, 15) is 9.59 Å². The van der Waals surface area contributed by atoms with Crippen molar-refractivity contribution >= 4 is 27.8 Å². The molecule has 0 aromatic carbocycles. The van der Waals surface area contributed by atoms with E-state index in [-0.39, 0.29) is 24.2 Å². The van der Waals surface area contributed by atoms with Crippen LogP contribution in [0.2, 0.25) is 0 Å². The second-order valence-electron chi connectivity index (χ2n) is 5.57. The number of amides is 1. The molecular formula is C15H19BrN2O3. The zero-order chi connectivity index (χ0) is 15.4. The second kappa shape index (κ2) is 7.02. The van der Waals surface area contributed by atoms with Crippen LogP contribution in [0.5, 0.6) is 0 Å². The van der Waals surface area contributed by atoms with Gasteiger partial charge in [0.15, 0.2) is 0 Å². The van der Waals surface area contributed by atoms with Crippen molar-refractivity contribution < 1.29 is 14.7 Å². The van der Waals surface area contributed by atoms with Crippen LogP contribution in [-0.2, 0) is 4.79 Å². The zero-order valence-corrected chi connectivity index (χ0v) is 13.5. The predicted octanol–water partition coefficient (Wildman–Crippen LogP) is 2.81. The Bertz CT molecular complexity index is 535. The normalized spacial score (nSPS) is 20.1. The summed E-state index contributed by atoms with van der Waals surface area (Å²) in [5.74, 6) is -0.493. The van der Waals surface area contributed by atoms with Crippen LogP contribution in [0.15, 0.2) is 22.9 Å². The molecule has 0 bridgehead atoms. The molecule has 2 atom stereocenters. The molecule has 114 valence electrons. The van der Waals surface area contributed by atoms with Gasteiger partial charge in [-0.2, -0.15) is 0 Å². The quantitative estimate of drug-likeness (QED) is 0.844. The number of aliphatic carboxylic acids is 1. The molecule has 0 aliphatic carbocycles. The second-order valence-corrected chi connectivity index (χ2v) is 6.32. The molecule has 0 saturated carbocycles. The van der Waals surface area contributed by atoms with Gasteiger partial charge >= 0.3 is 5.97 Å². The van der Waals surface area contributed by atoms with Gasteiger partial charge < -0.3 is 10.0 Å². The van der Waals surface area contributed by atoms with Gasteiger partial charge in [-0.25, -0.2) is 4.98 Å². The summed E-state index contributed by atoms with van der Waals surface area (Å²) in [7, 11) is 0. The van der Waals surface area contributed by atoms with Gasteiger partial charge in [-0.05, 0) is 52.7 Å². The van der Waals surface area contributed by atoms with Crippen molar-refractivity contribution in [2.24, 2.45) is 11.8 Å². The number of piperidine rings is 1. The summed E-state index contributed by atoms with van der Waals surface area (Å²) in [4.78, 5) is 29.3. The van der Waals surface area contributed by atoms with E-state index in [0.29, 0.717) is 16.7 Å². The molecule has 1 N–H and O–H groups in total. The van der Waals surface area contributed by atoms with Crippen molar-refractivity contribution in [3.63, 3.8) is 0 Å². The highest BCUT2D eigenvalue weighted by Gasteiger charge is 2.29. The molecule has 1 saturated heterocycles. The first-order chi connectivity index (χ1) is 9.99. The minimum atomic E-state index is -0.777. The molecule has 5 nitrogen and oxygen atoms in total. The number of carboxylic acid groups (broad SMARTS) is 1. The summed E-state index contributed by atoms with van der Waals surface area (Å²) in [5, 5.41) is 8.91. The first-order valence-electron chi connectivity index (χ1n) is 7.10. The van der Waals surface area contributed by atoms with Crippen molar-refractivity contribution in [2.75, 3.05) is 13.1 Å². The van der Waals surface area contributed by atoms with E-state index in [0.717, 1.165) is 19.4 Å². The van der Waals surface area contributed by atoms with Crippen molar-refractivity contribution in [2.45, 2.75) is 26.2 Å². The molecule has 1 fully saturated rings. The number of nitrogens with zero attached hydrogens (tertiary/aromatic N) is 2. The summed E-state index contributed by atoms with van der Waals surface area (Å²) in [6, 6.07) is 3.50. The van der Waals surface area contributed by atoms with Crippen LogP contribution < -0.4 is 0 Å². The van der Waals surface area contributed by atoms with E-state index in [1.54, 1.807) is 18.3 Å². The van der Waals surface area contributed by atoms with Crippen molar-refractivity contribution in [1.29, 1.82) is 0 Å². The highest BCUT2D eigenvalue weighted by molar-refractivity contribution is 9.10. The number of hydrogen-bond donors (Lipinski definition) is 1. The van der Waals surface area contributed by atoms with Gasteiger partial charge in [-0.1, -0.05) is 6.92 Å². The molecule has 1 aromatic heterocycles. The third-order valence-electron chi connectivity index (χ3n) is 4.04. The van der Waals surface area contributed by atoms with Crippen molar-refractivity contribution in [1.82, 2.24) is 9.88 Å². The molecular weight excluding hydrogens is 336 g/mol. The van der Waals surface area contributed by atoms with Crippen LogP contribution in [0.4, 0.5) is 0 Å². The highest BCUT2D eigenvalue weighted by atomic mass is 79.9. The van der Waals surface area contributed by atoms with Crippen LogP contribution in [0, 0.1) is 11.8 Å². The number of pyridine rings is 1. The fourth-order valence-corrected chi connectivity index (χ4v) is 3.24. The van der Waals surface area contributed by atoms with E-state index in [1.807, 2.05) is 11.8 Å². The molecule has 1 aromatic rings. The summed E-state index contributed by atoms with van der Waals surface area (Å²) in [6.07, 6.45) is 3.68. The number of aromatic nitrogens is 1. The SMILES string of the molecule is CC(CC(=O)O)C1CCCN(C(=O)c2cccnc2Br)C1. The lowest BCUT2D eigenvalue weighted by Gasteiger charge is -2.35. The summed E-state index contributed by atoms with van der Waals surface area (Å²) < 4.78 is 0.552. The van der Waals surface area contributed by atoms with E-state index < -0.39 is 5.97 Å². The minimum absolute atomic E-state index is 0.0396. The summed E-state index contributed by atoms with van der Waals surface area (Å²) in [5.41, 5.74) is 0.559. The van der Waals surface area contributed by atoms with E-state index in [4.69, 9.17) is 5.11 Å². The number of rotatable bonds is 4. The number of halogens is 1. The van der Waals surface area contributed by atoms with Crippen molar-refractivity contribution in [3.8, 4) is 0 Å². The van der Waals surface area contributed by atoms with Crippen LogP contribution in [-0.4, -0.2) is 40.0 Å². The molecule has 2 heterocycles. The Morgan fingerprint density at radius 2 is 2.33 bits per heavy atom. The maximum absolute atomic E-state index is 12.6. The van der Waals surface area contributed by atoms with Gasteiger partial charge in [0.2, 0.25) is 0 Å². The van der Waals surface area contributed by atoms with E-state index >= 15 is 0 Å². The first-order valence-corrected chi connectivity index (χ1v) is 7.90. The summed E-state index contributed by atoms with van der Waals surface area (Å²) >= 11 is 3.30.